The molecule has 206 valence electrons. The second-order valence-electron chi connectivity index (χ2n) is 11.2. The molecule has 3 aliphatic rings. The standard InChI is InChI=1S/C29H37ClF2N4O2/c1-2-33-23-9-14-36(26(17-23)24-16-22(31)5-6-25(24)32)28(38)35-12-7-20(29(19-35)10-3-4-11-29)18-34-13-8-21(30)15-27(34)37/h5-6,8,13,15-16,20,23,26,33H,2-4,7,9-12,14,17-19H2,1H3/t20-,23+,26?/m0/s1. The summed E-state index contributed by atoms with van der Waals surface area (Å²) in [5, 5.41) is 3.86. The number of carbonyl (C=O) groups is 1. The van der Waals surface area contributed by atoms with E-state index in [1.54, 1.807) is 21.7 Å². The van der Waals surface area contributed by atoms with Crippen molar-refractivity contribution in [3.8, 4) is 0 Å². The zero-order valence-electron chi connectivity index (χ0n) is 22.0. The van der Waals surface area contributed by atoms with Crippen LogP contribution in [0.5, 0.6) is 0 Å². The van der Waals surface area contributed by atoms with E-state index in [2.05, 4.69) is 5.32 Å². The van der Waals surface area contributed by atoms with Crippen LogP contribution in [-0.4, -0.2) is 52.6 Å². The normalized spacial score (nSPS) is 25.2. The molecular formula is C29H37ClF2N4O2. The summed E-state index contributed by atoms with van der Waals surface area (Å²) in [7, 11) is 0. The highest BCUT2D eigenvalue weighted by Crippen LogP contribution is 2.49. The number of amides is 2. The molecule has 0 radical (unpaired) electrons. The van der Waals surface area contributed by atoms with Gasteiger partial charge in [0.25, 0.3) is 5.56 Å². The summed E-state index contributed by atoms with van der Waals surface area (Å²) in [6.07, 6.45) is 8.14. The molecule has 1 N–H and O–H groups in total. The Balaban J connectivity index is 1.37. The minimum Gasteiger partial charge on any atom is -0.324 e. The van der Waals surface area contributed by atoms with E-state index in [0.29, 0.717) is 37.6 Å². The molecule has 2 amide bonds. The quantitative estimate of drug-likeness (QED) is 0.531. The lowest BCUT2D eigenvalue weighted by Crippen LogP contribution is -2.57. The predicted molar refractivity (Wildman–Crippen MR) is 144 cm³/mol. The smallest absolute Gasteiger partial charge is 0.320 e. The Hall–Kier alpha value is -2.45. The predicted octanol–water partition coefficient (Wildman–Crippen LogP) is 5.60. The highest BCUT2D eigenvalue weighted by atomic mass is 35.5. The molecule has 1 saturated carbocycles. The number of carbonyl (C=O) groups excluding carboxylic acids is 1. The largest absolute Gasteiger partial charge is 0.324 e. The maximum absolute atomic E-state index is 14.9. The van der Waals surface area contributed by atoms with Crippen molar-refractivity contribution in [3.05, 3.63) is 69.1 Å². The molecule has 0 bridgehead atoms. The molecule has 6 nitrogen and oxygen atoms in total. The van der Waals surface area contributed by atoms with Crippen molar-refractivity contribution in [2.24, 2.45) is 11.3 Å². The molecule has 1 unspecified atom stereocenters. The van der Waals surface area contributed by atoms with Gasteiger partial charge in [0.1, 0.15) is 11.6 Å². The number of halogens is 3. The fourth-order valence-corrected chi connectivity index (χ4v) is 7.24. The van der Waals surface area contributed by atoms with Gasteiger partial charge in [-0.15, -0.1) is 0 Å². The molecule has 38 heavy (non-hydrogen) atoms. The first-order chi connectivity index (χ1) is 18.3. The van der Waals surface area contributed by atoms with E-state index in [1.807, 2.05) is 11.8 Å². The molecule has 2 aromatic rings. The van der Waals surface area contributed by atoms with E-state index in [1.165, 1.54) is 12.1 Å². The Labute approximate surface area is 227 Å². The number of urea groups is 1. The van der Waals surface area contributed by atoms with Crippen molar-refractivity contribution >= 4 is 17.6 Å². The molecule has 2 aliphatic heterocycles. The van der Waals surface area contributed by atoms with Crippen LogP contribution in [0.25, 0.3) is 0 Å². The first-order valence-corrected chi connectivity index (χ1v) is 14.3. The number of pyridine rings is 1. The Morgan fingerprint density at radius 1 is 1.13 bits per heavy atom. The average Bonchev–Trinajstić information content (AvgIpc) is 3.36. The maximum Gasteiger partial charge on any atom is 0.320 e. The van der Waals surface area contributed by atoms with E-state index in [-0.39, 0.29) is 34.5 Å². The number of aromatic nitrogens is 1. The number of hydrogen-bond donors (Lipinski definition) is 1. The van der Waals surface area contributed by atoms with Crippen molar-refractivity contribution in [3.63, 3.8) is 0 Å². The van der Waals surface area contributed by atoms with Crippen molar-refractivity contribution in [1.82, 2.24) is 19.7 Å². The second kappa shape index (κ2) is 11.3. The highest BCUT2D eigenvalue weighted by Gasteiger charge is 2.47. The monoisotopic (exact) mass is 546 g/mol. The van der Waals surface area contributed by atoms with Crippen molar-refractivity contribution in [2.75, 3.05) is 26.2 Å². The summed E-state index contributed by atoms with van der Waals surface area (Å²) >= 11 is 6.00. The first-order valence-electron chi connectivity index (χ1n) is 13.9. The van der Waals surface area contributed by atoms with Crippen LogP contribution < -0.4 is 10.9 Å². The van der Waals surface area contributed by atoms with Gasteiger partial charge in [-0.1, -0.05) is 31.4 Å². The van der Waals surface area contributed by atoms with Gasteiger partial charge >= 0.3 is 6.03 Å². The van der Waals surface area contributed by atoms with E-state index in [0.717, 1.165) is 57.2 Å². The van der Waals surface area contributed by atoms with Crippen molar-refractivity contribution in [1.29, 1.82) is 0 Å². The summed E-state index contributed by atoms with van der Waals surface area (Å²) in [5.74, 6) is -0.697. The third-order valence-corrected chi connectivity index (χ3v) is 9.26. The van der Waals surface area contributed by atoms with Crippen LogP contribution in [0.3, 0.4) is 0 Å². The van der Waals surface area contributed by atoms with Gasteiger partial charge in [-0.05, 0) is 74.2 Å². The van der Waals surface area contributed by atoms with E-state index in [9.17, 15) is 18.4 Å². The third kappa shape index (κ3) is 5.48. The molecule has 5 rings (SSSR count). The van der Waals surface area contributed by atoms with Crippen molar-refractivity contribution < 1.29 is 13.6 Å². The van der Waals surface area contributed by atoms with Crippen LogP contribution in [0, 0.1) is 23.0 Å². The number of rotatable bonds is 5. The van der Waals surface area contributed by atoms with E-state index in [4.69, 9.17) is 11.6 Å². The van der Waals surface area contributed by atoms with Crippen LogP contribution in [0.2, 0.25) is 5.02 Å². The zero-order chi connectivity index (χ0) is 26.9. The van der Waals surface area contributed by atoms with E-state index >= 15 is 0 Å². The summed E-state index contributed by atoms with van der Waals surface area (Å²) in [5.41, 5.74) is 0.0931. The highest BCUT2D eigenvalue weighted by molar-refractivity contribution is 6.30. The summed E-state index contributed by atoms with van der Waals surface area (Å²) in [4.78, 5) is 30.3. The molecular weight excluding hydrogens is 510 g/mol. The van der Waals surface area contributed by atoms with Crippen LogP contribution in [0.1, 0.15) is 63.5 Å². The lowest BCUT2D eigenvalue weighted by atomic mass is 9.69. The van der Waals surface area contributed by atoms with Gasteiger partial charge in [-0.2, -0.15) is 0 Å². The topological polar surface area (TPSA) is 57.6 Å². The fourth-order valence-electron chi connectivity index (χ4n) is 7.09. The van der Waals surface area contributed by atoms with Crippen LogP contribution in [-0.2, 0) is 6.54 Å². The van der Waals surface area contributed by atoms with Gasteiger partial charge in [-0.25, -0.2) is 13.6 Å². The van der Waals surface area contributed by atoms with Crippen LogP contribution in [0.15, 0.2) is 41.3 Å². The van der Waals surface area contributed by atoms with Gasteiger partial charge in [0.05, 0.1) is 6.04 Å². The zero-order valence-corrected chi connectivity index (χ0v) is 22.7. The molecule has 9 heteroatoms. The Kier molecular flexibility index (Phi) is 8.10. The molecule has 2 saturated heterocycles. The first kappa shape index (κ1) is 27.1. The van der Waals surface area contributed by atoms with E-state index < -0.39 is 17.7 Å². The Morgan fingerprint density at radius 3 is 2.66 bits per heavy atom. The third-order valence-electron chi connectivity index (χ3n) is 9.02. The number of benzene rings is 1. The fraction of sp³-hybridized carbons (Fsp3) is 0.586. The SMILES string of the molecule is CCN[C@@H]1CCN(C(=O)N2CC[C@@H](Cn3ccc(Cl)cc3=O)C3(CCCC3)C2)C(c2cc(F)ccc2F)C1. The second-order valence-corrected chi connectivity index (χ2v) is 11.7. The molecule has 1 aliphatic carbocycles. The molecule has 1 spiro atoms. The molecule has 1 aromatic heterocycles. The van der Waals surface area contributed by atoms with Crippen LogP contribution in [0.4, 0.5) is 13.6 Å². The average molecular weight is 547 g/mol. The summed E-state index contributed by atoms with van der Waals surface area (Å²) < 4.78 is 30.8. The number of piperidine rings is 2. The number of nitrogens with zero attached hydrogens (tertiary/aromatic N) is 3. The summed E-state index contributed by atoms with van der Waals surface area (Å²) in [6.45, 7) is 5.12. The van der Waals surface area contributed by atoms with Gasteiger partial charge in [-0.3, -0.25) is 4.79 Å². The minimum absolute atomic E-state index is 0.0469. The maximum atomic E-state index is 14.9. The molecule has 3 fully saturated rings. The Morgan fingerprint density at radius 2 is 1.92 bits per heavy atom. The molecule has 1 aromatic carbocycles. The minimum atomic E-state index is -0.527. The van der Waals surface area contributed by atoms with Gasteiger partial charge in [0.2, 0.25) is 0 Å². The number of nitrogens with one attached hydrogen (secondary N) is 1. The van der Waals surface area contributed by atoms with Gasteiger partial charge < -0.3 is 19.7 Å². The lowest BCUT2D eigenvalue weighted by molar-refractivity contribution is 0.0205. The number of likely N-dealkylation sites (tertiary alicyclic amines) is 2. The summed E-state index contributed by atoms with van der Waals surface area (Å²) in [6, 6.07) is 6.22. The lowest BCUT2D eigenvalue weighted by Gasteiger charge is -2.49. The molecule has 3 atom stereocenters. The van der Waals surface area contributed by atoms with Gasteiger partial charge in [0.15, 0.2) is 0 Å². The van der Waals surface area contributed by atoms with Crippen LogP contribution >= 0.6 is 11.6 Å². The Bertz CT molecular complexity index is 1220. The number of hydrogen-bond acceptors (Lipinski definition) is 3. The van der Waals surface area contributed by atoms with Crippen molar-refractivity contribution in [2.45, 2.75) is 70.5 Å². The molecule has 3 heterocycles. The van der Waals surface area contributed by atoms with Gasteiger partial charge in [0, 0.05) is 55.1 Å².